The summed E-state index contributed by atoms with van der Waals surface area (Å²) in [5.41, 5.74) is 2.17. The van der Waals surface area contributed by atoms with Crippen LogP contribution in [0, 0.1) is 17.6 Å². The molecule has 35 heavy (non-hydrogen) atoms. The number of carbonyl (C=O) groups is 1. The standard InChI is InChI=1S/C26H27F2N5O2/c1-17-9-12-32(13-10-17)25-30-23-11-14-33(26(34)29-18-5-3-2-4-6-18)16-20(23)24(31-25)35-19-7-8-21(27)22(28)15-19/h2-8,15,17H,9-14,16H2,1H3,(H,29,34). The monoisotopic (exact) mass is 479 g/mol. The molecule has 9 heteroatoms. The first-order chi connectivity index (χ1) is 17.0. The predicted molar refractivity (Wildman–Crippen MR) is 129 cm³/mol. The third-order valence-electron chi connectivity index (χ3n) is 6.49. The highest BCUT2D eigenvalue weighted by Crippen LogP contribution is 2.33. The molecule has 2 aromatic carbocycles. The maximum absolute atomic E-state index is 13.8. The van der Waals surface area contributed by atoms with E-state index in [9.17, 15) is 13.6 Å². The normalized spacial score (nSPS) is 16.1. The lowest BCUT2D eigenvalue weighted by Gasteiger charge is -2.33. The minimum atomic E-state index is -1.00. The number of ether oxygens (including phenoxy) is 1. The van der Waals surface area contributed by atoms with Gasteiger partial charge in [0, 0.05) is 37.8 Å². The predicted octanol–water partition coefficient (Wildman–Crippen LogP) is 5.37. The Morgan fingerprint density at radius 3 is 2.54 bits per heavy atom. The van der Waals surface area contributed by atoms with Gasteiger partial charge >= 0.3 is 6.03 Å². The summed E-state index contributed by atoms with van der Waals surface area (Å²) in [6.07, 6.45) is 2.63. The first-order valence-electron chi connectivity index (χ1n) is 11.8. The number of nitrogens with one attached hydrogen (secondary N) is 1. The third kappa shape index (κ3) is 5.18. The van der Waals surface area contributed by atoms with Gasteiger partial charge in [-0.25, -0.2) is 18.6 Å². The summed E-state index contributed by atoms with van der Waals surface area (Å²) in [7, 11) is 0. The number of halogens is 2. The highest BCUT2D eigenvalue weighted by Gasteiger charge is 2.29. The van der Waals surface area contributed by atoms with Crippen LogP contribution in [0.25, 0.3) is 0 Å². The van der Waals surface area contributed by atoms with Crippen LogP contribution in [0.2, 0.25) is 0 Å². The number of nitrogens with zero attached hydrogens (tertiary/aromatic N) is 4. The number of amides is 2. The van der Waals surface area contributed by atoms with Gasteiger partial charge in [-0.2, -0.15) is 4.98 Å². The van der Waals surface area contributed by atoms with Crippen LogP contribution >= 0.6 is 0 Å². The molecule has 1 saturated heterocycles. The average molecular weight is 480 g/mol. The van der Waals surface area contributed by atoms with Crippen LogP contribution in [-0.4, -0.2) is 40.5 Å². The summed E-state index contributed by atoms with van der Waals surface area (Å²) >= 11 is 0. The Labute approximate surface area is 202 Å². The number of rotatable bonds is 4. The van der Waals surface area contributed by atoms with Crippen molar-refractivity contribution in [2.45, 2.75) is 32.7 Å². The molecule has 182 valence electrons. The molecule has 0 saturated carbocycles. The Morgan fingerprint density at radius 2 is 1.80 bits per heavy atom. The zero-order valence-electron chi connectivity index (χ0n) is 19.5. The number of para-hydroxylation sites is 1. The molecule has 0 aliphatic carbocycles. The maximum atomic E-state index is 13.8. The van der Waals surface area contributed by atoms with E-state index in [0.29, 0.717) is 36.1 Å². The molecular weight excluding hydrogens is 452 g/mol. The Hall–Kier alpha value is -3.75. The molecule has 7 nitrogen and oxygen atoms in total. The lowest BCUT2D eigenvalue weighted by molar-refractivity contribution is 0.205. The first-order valence-corrected chi connectivity index (χ1v) is 11.8. The SMILES string of the molecule is CC1CCN(c2nc3c(c(Oc4ccc(F)c(F)c4)n2)CN(C(=O)Nc2ccccc2)CC3)CC1. The van der Waals surface area contributed by atoms with Gasteiger partial charge in [-0.3, -0.25) is 0 Å². The van der Waals surface area contributed by atoms with Crippen molar-refractivity contribution in [1.82, 2.24) is 14.9 Å². The van der Waals surface area contributed by atoms with E-state index in [1.54, 1.807) is 4.90 Å². The van der Waals surface area contributed by atoms with E-state index in [1.807, 2.05) is 30.3 Å². The van der Waals surface area contributed by atoms with Crippen LogP contribution in [-0.2, 0) is 13.0 Å². The molecule has 0 unspecified atom stereocenters. The number of urea groups is 1. The first kappa shape index (κ1) is 23.0. The van der Waals surface area contributed by atoms with Gasteiger partial charge in [0.15, 0.2) is 11.6 Å². The summed E-state index contributed by atoms with van der Waals surface area (Å²) in [4.78, 5) is 26.2. The number of aromatic nitrogens is 2. The van der Waals surface area contributed by atoms with E-state index in [-0.39, 0.29) is 24.2 Å². The van der Waals surface area contributed by atoms with Crippen LogP contribution in [0.15, 0.2) is 48.5 Å². The number of anilines is 2. The zero-order valence-corrected chi connectivity index (χ0v) is 19.5. The smallest absolute Gasteiger partial charge is 0.322 e. The van der Waals surface area contributed by atoms with Gasteiger partial charge < -0.3 is 19.9 Å². The number of carbonyl (C=O) groups excluding carboxylic acids is 1. The molecule has 1 aromatic heterocycles. The molecule has 0 spiro atoms. The quantitative estimate of drug-likeness (QED) is 0.545. The van der Waals surface area contributed by atoms with Crippen molar-refractivity contribution < 1.29 is 18.3 Å². The summed E-state index contributed by atoms with van der Waals surface area (Å²) in [6.45, 7) is 4.65. The lowest BCUT2D eigenvalue weighted by Crippen LogP contribution is -2.40. The molecule has 1 N–H and O–H groups in total. The highest BCUT2D eigenvalue weighted by atomic mass is 19.2. The fraction of sp³-hybridized carbons (Fsp3) is 0.346. The molecule has 1 fully saturated rings. The van der Waals surface area contributed by atoms with Gasteiger partial charge in [-0.05, 0) is 43.0 Å². The van der Waals surface area contributed by atoms with E-state index in [4.69, 9.17) is 9.72 Å². The van der Waals surface area contributed by atoms with Gasteiger partial charge in [0.1, 0.15) is 5.75 Å². The third-order valence-corrected chi connectivity index (χ3v) is 6.49. The summed E-state index contributed by atoms with van der Waals surface area (Å²) in [5, 5.41) is 2.90. The van der Waals surface area contributed by atoms with E-state index in [2.05, 4.69) is 22.1 Å². The molecule has 2 aliphatic heterocycles. The second kappa shape index (κ2) is 9.85. The molecule has 0 radical (unpaired) electrons. The van der Waals surface area contributed by atoms with Crippen molar-refractivity contribution in [2.24, 2.45) is 5.92 Å². The van der Waals surface area contributed by atoms with Crippen molar-refractivity contribution in [3.63, 3.8) is 0 Å². The molecule has 0 bridgehead atoms. The van der Waals surface area contributed by atoms with E-state index in [1.165, 1.54) is 6.07 Å². The second-order valence-electron chi connectivity index (χ2n) is 9.07. The maximum Gasteiger partial charge on any atom is 0.322 e. The second-order valence-corrected chi connectivity index (χ2v) is 9.07. The van der Waals surface area contributed by atoms with Gasteiger partial charge in [-0.15, -0.1) is 0 Å². The molecule has 3 heterocycles. The van der Waals surface area contributed by atoms with Gasteiger partial charge in [0.25, 0.3) is 0 Å². The van der Waals surface area contributed by atoms with Gasteiger partial charge in [-0.1, -0.05) is 25.1 Å². The Bertz CT molecular complexity index is 1220. The van der Waals surface area contributed by atoms with E-state index < -0.39 is 11.6 Å². The van der Waals surface area contributed by atoms with Crippen molar-refractivity contribution in [2.75, 3.05) is 29.9 Å². The largest absolute Gasteiger partial charge is 0.438 e. The fourth-order valence-electron chi connectivity index (χ4n) is 4.36. The summed E-state index contributed by atoms with van der Waals surface area (Å²) < 4.78 is 33.3. The Morgan fingerprint density at radius 1 is 1.03 bits per heavy atom. The molecular formula is C26H27F2N5O2. The number of fused-ring (bicyclic) bond motifs is 1. The van der Waals surface area contributed by atoms with Crippen LogP contribution in [0.5, 0.6) is 11.6 Å². The van der Waals surface area contributed by atoms with Crippen molar-refractivity contribution >= 4 is 17.7 Å². The van der Waals surface area contributed by atoms with Crippen LogP contribution < -0.4 is 15.0 Å². The Kier molecular flexibility index (Phi) is 6.48. The number of hydrogen-bond donors (Lipinski definition) is 1. The number of hydrogen-bond acceptors (Lipinski definition) is 5. The molecule has 5 rings (SSSR count). The molecule has 2 amide bonds. The van der Waals surface area contributed by atoms with Crippen LogP contribution in [0.3, 0.4) is 0 Å². The minimum Gasteiger partial charge on any atom is -0.438 e. The highest BCUT2D eigenvalue weighted by molar-refractivity contribution is 5.89. The summed E-state index contributed by atoms with van der Waals surface area (Å²) in [6, 6.07) is 12.4. The minimum absolute atomic E-state index is 0.133. The lowest BCUT2D eigenvalue weighted by atomic mass is 9.99. The molecule has 0 atom stereocenters. The van der Waals surface area contributed by atoms with Crippen molar-refractivity contribution in [3.8, 4) is 11.6 Å². The topological polar surface area (TPSA) is 70.6 Å². The number of benzene rings is 2. The van der Waals surface area contributed by atoms with Gasteiger partial charge in [0.2, 0.25) is 11.8 Å². The fourth-order valence-corrected chi connectivity index (χ4v) is 4.36. The zero-order chi connectivity index (χ0) is 24.4. The number of piperidine rings is 1. The molecule has 2 aliphatic rings. The summed E-state index contributed by atoms with van der Waals surface area (Å²) in [5.74, 6) is -0.344. The van der Waals surface area contributed by atoms with Gasteiger partial charge in [0.05, 0.1) is 17.8 Å². The van der Waals surface area contributed by atoms with Crippen LogP contribution in [0.1, 0.15) is 31.0 Å². The van der Waals surface area contributed by atoms with Crippen LogP contribution in [0.4, 0.5) is 25.2 Å². The average Bonchev–Trinajstić information content (AvgIpc) is 2.87. The van der Waals surface area contributed by atoms with Crippen molar-refractivity contribution in [1.29, 1.82) is 0 Å². The molecule has 3 aromatic rings. The van der Waals surface area contributed by atoms with E-state index >= 15 is 0 Å². The Balaban J connectivity index is 1.44. The van der Waals surface area contributed by atoms with E-state index in [0.717, 1.165) is 43.8 Å². The van der Waals surface area contributed by atoms with Crippen molar-refractivity contribution in [3.05, 3.63) is 71.4 Å².